The Hall–Kier alpha value is -2.02. The molecule has 0 saturated carbocycles. The fourth-order valence-corrected chi connectivity index (χ4v) is 2.24. The number of methoxy groups -OCH3 is 1. The summed E-state index contributed by atoms with van der Waals surface area (Å²) in [4.78, 5) is 15.5. The van der Waals surface area contributed by atoms with Crippen LogP contribution >= 0.6 is 11.8 Å². The number of hydrogen-bond acceptors (Lipinski definition) is 7. The zero-order valence-corrected chi connectivity index (χ0v) is 12.7. The average Bonchev–Trinajstić information content (AvgIpc) is 2.96. The van der Waals surface area contributed by atoms with Crippen LogP contribution in [-0.4, -0.2) is 35.6 Å². The van der Waals surface area contributed by atoms with E-state index >= 15 is 0 Å². The summed E-state index contributed by atoms with van der Waals surface area (Å²) in [6, 6.07) is 7.35. The van der Waals surface area contributed by atoms with Crippen molar-refractivity contribution in [2.24, 2.45) is 0 Å². The van der Waals surface area contributed by atoms with Crippen molar-refractivity contribution < 1.29 is 18.8 Å². The molecule has 0 atom stereocenters. The van der Waals surface area contributed by atoms with Crippen LogP contribution in [-0.2, 0) is 15.3 Å². The zero-order valence-electron chi connectivity index (χ0n) is 11.9. The predicted molar refractivity (Wildman–Crippen MR) is 79.1 cm³/mol. The quantitative estimate of drug-likeness (QED) is 0.728. The Morgan fingerprint density at radius 1 is 1.33 bits per heavy atom. The molecule has 0 spiro atoms. The van der Waals surface area contributed by atoms with Gasteiger partial charge in [0.1, 0.15) is 5.75 Å². The second-order valence-corrected chi connectivity index (χ2v) is 5.03. The first-order chi connectivity index (χ1) is 10.2. The minimum atomic E-state index is -0.235. The van der Waals surface area contributed by atoms with Gasteiger partial charge >= 0.3 is 5.97 Å². The standard InChI is InChI=1S/C14H16N2O4S/c1-3-19-13(17)9-21-8-12-15-14(20-16-12)10-4-6-11(18-2)7-5-10/h4-7H,3,8-9H2,1-2H3. The van der Waals surface area contributed by atoms with Gasteiger partial charge in [-0.25, -0.2) is 0 Å². The van der Waals surface area contributed by atoms with E-state index in [9.17, 15) is 4.79 Å². The first kappa shape index (κ1) is 15.4. The molecule has 1 aromatic carbocycles. The summed E-state index contributed by atoms with van der Waals surface area (Å²) in [6.07, 6.45) is 0. The van der Waals surface area contributed by atoms with Gasteiger partial charge in [0, 0.05) is 5.56 Å². The topological polar surface area (TPSA) is 74.5 Å². The lowest BCUT2D eigenvalue weighted by molar-refractivity contribution is -0.139. The molecule has 112 valence electrons. The summed E-state index contributed by atoms with van der Waals surface area (Å²) >= 11 is 1.39. The van der Waals surface area contributed by atoms with Crippen molar-refractivity contribution in [1.29, 1.82) is 0 Å². The highest BCUT2D eigenvalue weighted by Crippen LogP contribution is 2.21. The fraction of sp³-hybridized carbons (Fsp3) is 0.357. The zero-order chi connectivity index (χ0) is 15.1. The van der Waals surface area contributed by atoms with E-state index in [1.807, 2.05) is 24.3 Å². The second kappa shape index (κ2) is 7.68. The molecule has 0 N–H and O–H groups in total. The van der Waals surface area contributed by atoms with Crippen molar-refractivity contribution in [3.63, 3.8) is 0 Å². The Balaban J connectivity index is 1.90. The summed E-state index contributed by atoms with van der Waals surface area (Å²) in [6.45, 7) is 2.17. The number of nitrogens with zero attached hydrogens (tertiary/aromatic N) is 2. The molecule has 0 bridgehead atoms. The molecule has 0 fully saturated rings. The van der Waals surface area contributed by atoms with Crippen LogP contribution in [0.1, 0.15) is 12.7 Å². The van der Waals surface area contributed by atoms with E-state index in [0.29, 0.717) is 24.1 Å². The molecule has 7 heteroatoms. The van der Waals surface area contributed by atoms with Crippen molar-refractivity contribution in [1.82, 2.24) is 10.1 Å². The second-order valence-electron chi connectivity index (χ2n) is 4.04. The molecular formula is C14H16N2O4S. The average molecular weight is 308 g/mol. The summed E-state index contributed by atoms with van der Waals surface area (Å²) < 4.78 is 15.1. The van der Waals surface area contributed by atoms with E-state index in [0.717, 1.165) is 11.3 Å². The number of carbonyl (C=O) groups is 1. The van der Waals surface area contributed by atoms with Gasteiger partial charge in [0.15, 0.2) is 5.82 Å². The first-order valence-electron chi connectivity index (χ1n) is 6.43. The van der Waals surface area contributed by atoms with Crippen LogP contribution in [0.15, 0.2) is 28.8 Å². The number of benzene rings is 1. The van der Waals surface area contributed by atoms with Crippen LogP contribution < -0.4 is 4.74 Å². The SMILES string of the molecule is CCOC(=O)CSCc1noc(-c2ccc(OC)cc2)n1. The van der Waals surface area contributed by atoms with Gasteiger partial charge in [-0.15, -0.1) is 11.8 Å². The number of carbonyl (C=O) groups excluding carboxylic acids is 1. The molecule has 0 radical (unpaired) electrons. The van der Waals surface area contributed by atoms with Gasteiger partial charge in [0.05, 0.1) is 25.2 Å². The van der Waals surface area contributed by atoms with E-state index < -0.39 is 0 Å². The molecule has 0 saturated heterocycles. The van der Waals surface area contributed by atoms with Crippen molar-refractivity contribution in [2.45, 2.75) is 12.7 Å². The minimum absolute atomic E-state index is 0.235. The van der Waals surface area contributed by atoms with Crippen LogP contribution in [0.25, 0.3) is 11.5 Å². The van der Waals surface area contributed by atoms with E-state index in [-0.39, 0.29) is 11.7 Å². The highest BCUT2D eigenvalue weighted by atomic mass is 32.2. The third-order valence-electron chi connectivity index (χ3n) is 2.56. The Morgan fingerprint density at radius 2 is 2.10 bits per heavy atom. The number of rotatable bonds is 7. The molecular weight excluding hydrogens is 292 g/mol. The molecule has 0 aliphatic heterocycles. The van der Waals surface area contributed by atoms with Gasteiger partial charge in [-0.3, -0.25) is 4.79 Å². The number of ether oxygens (including phenoxy) is 2. The van der Waals surface area contributed by atoms with Gasteiger partial charge in [-0.05, 0) is 31.2 Å². The molecule has 0 aliphatic rings. The van der Waals surface area contributed by atoms with Crippen LogP contribution in [0.4, 0.5) is 0 Å². The molecule has 21 heavy (non-hydrogen) atoms. The summed E-state index contributed by atoms with van der Waals surface area (Å²) in [5.41, 5.74) is 0.824. The van der Waals surface area contributed by atoms with E-state index in [1.165, 1.54) is 11.8 Å². The van der Waals surface area contributed by atoms with Crippen molar-refractivity contribution in [3.05, 3.63) is 30.1 Å². The third-order valence-corrected chi connectivity index (χ3v) is 3.46. The van der Waals surface area contributed by atoms with E-state index in [4.69, 9.17) is 14.0 Å². The summed E-state index contributed by atoms with van der Waals surface area (Å²) in [5, 5.41) is 3.89. The normalized spacial score (nSPS) is 10.4. The van der Waals surface area contributed by atoms with Crippen LogP contribution in [0, 0.1) is 0 Å². The minimum Gasteiger partial charge on any atom is -0.497 e. The largest absolute Gasteiger partial charge is 0.497 e. The van der Waals surface area contributed by atoms with Gasteiger partial charge in [-0.2, -0.15) is 4.98 Å². The van der Waals surface area contributed by atoms with Crippen molar-refractivity contribution in [3.8, 4) is 17.2 Å². The van der Waals surface area contributed by atoms with E-state index in [1.54, 1.807) is 14.0 Å². The maximum absolute atomic E-state index is 11.2. The molecule has 0 amide bonds. The molecule has 6 nitrogen and oxygen atoms in total. The van der Waals surface area contributed by atoms with E-state index in [2.05, 4.69) is 10.1 Å². The maximum Gasteiger partial charge on any atom is 0.315 e. The molecule has 0 unspecified atom stereocenters. The smallest absolute Gasteiger partial charge is 0.315 e. The Morgan fingerprint density at radius 3 is 2.76 bits per heavy atom. The highest BCUT2D eigenvalue weighted by molar-refractivity contribution is 7.99. The van der Waals surface area contributed by atoms with Crippen LogP contribution in [0.3, 0.4) is 0 Å². The maximum atomic E-state index is 11.2. The number of thioether (sulfide) groups is 1. The summed E-state index contributed by atoms with van der Waals surface area (Å²) in [7, 11) is 1.61. The summed E-state index contributed by atoms with van der Waals surface area (Å²) in [5.74, 6) is 2.31. The van der Waals surface area contributed by atoms with Crippen LogP contribution in [0.5, 0.6) is 5.75 Å². The molecule has 1 heterocycles. The number of hydrogen-bond donors (Lipinski definition) is 0. The Kier molecular flexibility index (Phi) is 5.62. The van der Waals surface area contributed by atoms with Gasteiger partial charge in [-0.1, -0.05) is 5.16 Å². The van der Waals surface area contributed by atoms with Crippen molar-refractivity contribution >= 4 is 17.7 Å². The third kappa shape index (κ3) is 4.49. The monoisotopic (exact) mass is 308 g/mol. The van der Waals surface area contributed by atoms with Gasteiger partial charge in [0.25, 0.3) is 5.89 Å². The Bertz CT molecular complexity index is 583. The molecule has 1 aromatic heterocycles. The molecule has 2 aromatic rings. The fourth-order valence-electron chi connectivity index (χ4n) is 1.59. The van der Waals surface area contributed by atoms with Gasteiger partial charge < -0.3 is 14.0 Å². The lowest BCUT2D eigenvalue weighted by Gasteiger charge is -1.99. The van der Waals surface area contributed by atoms with Gasteiger partial charge in [0.2, 0.25) is 0 Å². The first-order valence-corrected chi connectivity index (χ1v) is 7.58. The molecule has 0 aliphatic carbocycles. The highest BCUT2D eigenvalue weighted by Gasteiger charge is 2.10. The molecule has 2 rings (SSSR count). The Labute approximate surface area is 126 Å². The number of esters is 1. The predicted octanol–water partition coefficient (Wildman–Crippen LogP) is 2.54. The number of aromatic nitrogens is 2. The van der Waals surface area contributed by atoms with Crippen molar-refractivity contribution in [2.75, 3.05) is 19.5 Å². The lowest BCUT2D eigenvalue weighted by atomic mass is 10.2. The lowest BCUT2D eigenvalue weighted by Crippen LogP contribution is -2.06. The van der Waals surface area contributed by atoms with Crippen LogP contribution in [0.2, 0.25) is 0 Å².